The largest absolute Gasteiger partial charge is 0.346 e. The first-order chi connectivity index (χ1) is 10.6. The first-order valence-electron chi connectivity index (χ1n) is 7.39. The molecule has 0 unspecified atom stereocenters. The SMILES string of the molecule is O=C(NC1(Cc2ccc(Cl)cc2)CCC1)c1ccc(Br)cc1. The summed E-state index contributed by atoms with van der Waals surface area (Å²) in [6.07, 6.45) is 4.07. The predicted octanol–water partition coefficient (Wildman–Crippen LogP) is 5.00. The van der Waals surface area contributed by atoms with Gasteiger partial charge in [-0.3, -0.25) is 4.79 Å². The smallest absolute Gasteiger partial charge is 0.251 e. The van der Waals surface area contributed by atoms with Crippen LogP contribution in [0.4, 0.5) is 0 Å². The van der Waals surface area contributed by atoms with Crippen LogP contribution < -0.4 is 5.32 Å². The molecule has 1 saturated carbocycles. The molecule has 0 saturated heterocycles. The Balaban J connectivity index is 1.71. The number of nitrogens with one attached hydrogen (secondary N) is 1. The molecule has 0 radical (unpaired) electrons. The molecule has 4 heteroatoms. The van der Waals surface area contributed by atoms with Crippen molar-refractivity contribution in [2.45, 2.75) is 31.2 Å². The first-order valence-corrected chi connectivity index (χ1v) is 8.56. The van der Waals surface area contributed by atoms with E-state index < -0.39 is 0 Å². The van der Waals surface area contributed by atoms with Crippen molar-refractivity contribution in [3.63, 3.8) is 0 Å². The second-order valence-corrected chi connectivity index (χ2v) is 7.25. The lowest BCUT2D eigenvalue weighted by atomic mass is 9.72. The zero-order valence-electron chi connectivity index (χ0n) is 12.1. The summed E-state index contributed by atoms with van der Waals surface area (Å²) in [5.74, 6) is 0.00108. The molecular formula is C18H17BrClNO. The number of hydrogen-bond acceptors (Lipinski definition) is 1. The number of rotatable bonds is 4. The highest BCUT2D eigenvalue weighted by Gasteiger charge is 2.38. The van der Waals surface area contributed by atoms with Crippen molar-refractivity contribution in [1.82, 2.24) is 5.32 Å². The molecule has 0 bridgehead atoms. The van der Waals surface area contributed by atoms with Crippen LogP contribution in [0.3, 0.4) is 0 Å². The lowest BCUT2D eigenvalue weighted by Crippen LogP contribution is -2.55. The van der Waals surface area contributed by atoms with E-state index in [1.54, 1.807) is 0 Å². The fourth-order valence-electron chi connectivity index (χ4n) is 2.86. The van der Waals surface area contributed by atoms with Gasteiger partial charge in [0.15, 0.2) is 0 Å². The molecule has 1 aliphatic carbocycles. The van der Waals surface area contributed by atoms with Gasteiger partial charge in [0.25, 0.3) is 5.91 Å². The minimum absolute atomic E-state index is 0.00108. The summed E-state index contributed by atoms with van der Waals surface area (Å²) >= 11 is 9.32. The maximum absolute atomic E-state index is 12.5. The molecule has 22 heavy (non-hydrogen) atoms. The Morgan fingerprint density at radius 3 is 2.27 bits per heavy atom. The van der Waals surface area contributed by atoms with Crippen LogP contribution in [-0.2, 0) is 6.42 Å². The van der Waals surface area contributed by atoms with Crippen LogP contribution in [0, 0.1) is 0 Å². The van der Waals surface area contributed by atoms with Crippen LogP contribution in [-0.4, -0.2) is 11.4 Å². The highest BCUT2D eigenvalue weighted by atomic mass is 79.9. The average molecular weight is 379 g/mol. The lowest BCUT2D eigenvalue weighted by Gasteiger charge is -2.43. The van der Waals surface area contributed by atoms with Gasteiger partial charge in [0.05, 0.1) is 0 Å². The Kier molecular flexibility index (Phi) is 4.55. The van der Waals surface area contributed by atoms with E-state index in [2.05, 4.69) is 21.2 Å². The zero-order valence-corrected chi connectivity index (χ0v) is 14.5. The topological polar surface area (TPSA) is 29.1 Å². The van der Waals surface area contributed by atoms with Gasteiger partial charge in [-0.1, -0.05) is 39.7 Å². The standard InChI is InChI=1S/C18H17BrClNO/c19-15-6-4-14(5-7-15)17(22)21-18(10-1-11-18)12-13-2-8-16(20)9-3-13/h2-9H,1,10-12H2,(H,21,22). The number of carbonyl (C=O) groups excluding carboxylic acids is 1. The van der Waals surface area contributed by atoms with Crippen LogP contribution in [0.2, 0.25) is 5.02 Å². The summed E-state index contributed by atoms with van der Waals surface area (Å²) in [5, 5.41) is 3.98. The molecule has 2 aromatic rings. The zero-order chi connectivity index (χ0) is 15.6. The molecule has 1 N–H and O–H groups in total. The van der Waals surface area contributed by atoms with Crippen molar-refractivity contribution in [3.05, 3.63) is 69.2 Å². The highest BCUT2D eigenvalue weighted by Crippen LogP contribution is 2.35. The average Bonchev–Trinajstić information content (AvgIpc) is 2.48. The van der Waals surface area contributed by atoms with Gasteiger partial charge in [0.2, 0.25) is 0 Å². The van der Waals surface area contributed by atoms with E-state index in [9.17, 15) is 4.79 Å². The molecular weight excluding hydrogens is 362 g/mol. The summed E-state index contributed by atoms with van der Waals surface area (Å²) in [6, 6.07) is 15.3. The van der Waals surface area contributed by atoms with E-state index in [0.29, 0.717) is 5.56 Å². The van der Waals surface area contributed by atoms with E-state index in [0.717, 1.165) is 35.2 Å². The number of benzene rings is 2. The summed E-state index contributed by atoms with van der Waals surface area (Å²) in [4.78, 5) is 12.5. The maximum atomic E-state index is 12.5. The first kappa shape index (κ1) is 15.6. The molecule has 0 aliphatic heterocycles. The molecule has 1 amide bonds. The number of hydrogen-bond donors (Lipinski definition) is 1. The number of carbonyl (C=O) groups is 1. The monoisotopic (exact) mass is 377 g/mol. The molecule has 2 aromatic carbocycles. The third-order valence-electron chi connectivity index (χ3n) is 4.25. The third-order valence-corrected chi connectivity index (χ3v) is 5.03. The molecule has 0 spiro atoms. The Bertz CT molecular complexity index is 662. The predicted molar refractivity (Wildman–Crippen MR) is 93.3 cm³/mol. The molecule has 0 heterocycles. The van der Waals surface area contributed by atoms with Crippen LogP contribution >= 0.6 is 27.5 Å². The normalized spacial score (nSPS) is 15.9. The summed E-state index contributed by atoms with van der Waals surface area (Å²) in [6.45, 7) is 0. The van der Waals surface area contributed by atoms with Gasteiger partial charge in [-0.15, -0.1) is 0 Å². The van der Waals surface area contributed by atoms with E-state index in [1.165, 1.54) is 5.56 Å². The molecule has 1 aliphatic rings. The van der Waals surface area contributed by atoms with Gasteiger partial charge < -0.3 is 5.32 Å². The van der Waals surface area contributed by atoms with Crippen molar-refractivity contribution in [3.8, 4) is 0 Å². The number of halogens is 2. The van der Waals surface area contributed by atoms with Gasteiger partial charge >= 0.3 is 0 Å². The van der Waals surface area contributed by atoms with Crippen molar-refractivity contribution in [2.75, 3.05) is 0 Å². The Morgan fingerprint density at radius 1 is 1.09 bits per heavy atom. The second kappa shape index (κ2) is 6.43. The van der Waals surface area contributed by atoms with Gasteiger partial charge in [-0.05, 0) is 67.6 Å². The Labute approximate surface area is 144 Å². The van der Waals surface area contributed by atoms with Crippen LogP contribution in [0.5, 0.6) is 0 Å². The van der Waals surface area contributed by atoms with Crippen LogP contribution in [0.15, 0.2) is 53.0 Å². The fourth-order valence-corrected chi connectivity index (χ4v) is 3.25. The van der Waals surface area contributed by atoms with E-state index in [4.69, 9.17) is 11.6 Å². The van der Waals surface area contributed by atoms with Gasteiger partial charge in [-0.25, -0.2) is 0 Å². The maximum Gasteiger partial charge on any atom is 0.251 e. The van der Waals surface area contributed by atoms with E-state index in [1.807, 2.05) is 48.5 Å². The third kappa shape index (κ3) is 3.53. The molecule has 1 fully saturated rings. The van der Waals surface area contributed by atoms with Crippen molar-refractivity contribution in [1.29, 1.82) is 0 Å². The summed E-state index contributed by atoms with van der Waals surface area (Å²) < 4.78 is 0.976. The fraction of sp³-hybridized carbons (Fsp3) is 0.278. The Morgan fingerprint density at radius 2 is 1.73 bits per heavy atom. The minimum Gasteiger partial charge on any atom is -0.346 e. The van der Waals surface area contributed by atoms with Crippen LogP contribution in [0.1, 0.15) is 35.2 Å². The van der Waals surface area contributed by atoms with E-state index in [-0.39, 0.29) is 11.4 Å². The number of amides is 1. The van der Waals surface area contributed by atoms with Crippen molar-refractivity contribution >= 4 is 33.4 Å². The molecule has 2 nitrogen and oxygen atoms in total. The van der Waals surface area contributed by atoms with Crippen molar-refractivity contribution in [2.24, 2.45) is 0 Å². The highest BCUT2D eigenvalue weighted by molar-refractivity contribution is 9.10. The van der Waals surface area contributed by atoms with Gasteiger partial charge in [0.1, 0.15) is 0 Å². The minimum atomic E-state index is -0.113. The molecule has 0 atom stereocenters. The summed E-state index contributed by atoms with van der Waals surface area (Å²) in [5.41, 5.74) is 1.80. The molecule has 114 valence electrons. The van der Waals surface area contributed by atoms with Gasteiger partial charge in [0, 0.05) is 20.6 Å². The lowest BCUT2D eigenvalue weighted by molar-refractivity contribution is 0.0827. The molecule has 0 aromatic heterocycles. The second-order valence-electron chi connectivity index (χ2n) is 5.90. The Hall–Kier alpha value is -1.32. The van der Waals surface area contributed by atoms with Gasteiger partial charge in [-0.2, -0.15) is 0 Å². The summed E-state index contributed by atoms with van der Waals surface area (Å²) in [7, 11) is 0. The van der Waals surface area contributed by atoms with E-state index >= 15 is 0 Å². The molecule has 3 rings (SSSR count). The quantitative estimate of drug-likeness (QED) is 0.797. The van der Waals surface area contributed by atoms with Crippen LogP contribution in [0.25, 0.3) is 0 Å². The van der Waals surface area contributed by atoms with Crippen molar-refractivity contribution < 1.29 is 4.79 Å².